The van der Waals surface area contributed by atoms with Crippen LogP contribution in [0, 0.1) is 0 Å². The first kappa shape index (κ1) is 23.0. The van der Waals surface area contributed by atoms with Crippen molar-refractivity contribution in [3.63, 3.8) is 0 Å². The minimum atomic E-state index is -0.108. The number of pyridine rings is 3. The predicted molar refractivity (Wildman–Crippen MR) is 148 cm³/mol. The van der Waals surface area contributed by atoms with Gasteiger partial charge in [-0.25, -0.2) is 0 Å². The van der Waals surface area contributed by atoms with Crippen molar-refractivity contribution in [1.82, 2.24) is 15.0 Å². The summed E-state index contributed by atoms with van der Waals surface area (Å²) >= 11 is 0. The molecule has 0 atom stereocenters. The van der Waals surface area contributed by atoms with Gasteiger partial charge >= 0.3 is 0 Å². The fraction of sp³-hybridized carbons (Fsp3) is 0.129. The number of anilines is 3. The number of aryl methyl sites for hydroxylation is 1. The Labute approximate surface area is 214 Å². The highest BCUT2D eigenvalue weighted by Crippen LogP contribution is 2.38. The van der Waals surface area contributed by atoms with Gasteiger partial charge in [0.15, 0.2) is 0 Å². The van der Waals surface area contributed by atoms with Crippen molar-refractivity contribution >= 4 is 49.8 Å². The number of rotatable bonds is 6. The molecule has 3 heterocycles. The van der Waals surface area contributed by atoms with Crippen LogP contribution >= 0.6 is 0 Å². The van der Waals surface area contributed by atoms with Crippen LogP contribution in [-0.2, 0) is 19.6 Å². The summed E-state index contributed by atoms with van der Waals surface area (Å²) in [6.07, 6.45) is 0.872. The summed E-state index contributed by atoms with van der Waals surface area (Å²) in [7, 11) is 0. The maximum atomic E-state index is 9.61. The molecule has 37 heavy (non-hydrogen) atoms. The highest BCUT2D eigenvalue weighted by Gasteiger charge is 2.16. The molecule has 6 nitrogen and oxygen atoms in total. The molecule has 0 amide bonds. The quantitative estimate of drug-likeness (QED) is 0.286. The van der Waals surface area contributed by atoms with Crippen LogP contribution in [0.2, 0.25) is 0 Å². The van der Waals surface area contributed by atoms with Crippen LogP contribution < -0.4 is 4.90 Å². The highest BCUT2D eigenvalue weighted by molar-refractivity contribution is 5.92. The second-order valence-electron chi connectivity index (χ2n) is 9.04. The molecule has 0 saturated heterocycles. The Bertz CT molecular complexity index is 1560. The average molecular weight is 487 g/mol. The van der Waals surface area contributed by atoms with Crippen molar-refractivity contribution in [2.24, 2.45) is 0 Å². The van der Waals surface area contributed by atoms with E-state index >= 15 is 0 Å². The minimum absolute atomic E-state index is 0.108. The largest absolute Gasteiger partial charge is 0.390 e. The summed E-state index contributed by atoms with van der Waals surface area (Å²) in [5.41, 5.74) is 7.68. The van der Waals surface area contributed by atoms with E-state index in [0.717, 1.165) is 61.9 Å². The Kier molecular flexibility index (Phi) is 5.96. The molecule has 3 aromatic carbocycles. The normalized spacial score (nSPS) is 11.4. The maximum absolute atomic E-state index is 9.61. The van der Waals surface area contributed by atoms with E-state index in [4.69, 9.17) is 4.98 Å². The third-order valence-electron chi connectivity index (χ3n) is 6.66. The van der Waals surface area contributed by atoms with Gasteiger partial charge < -0.3 is 15.1 Å². The Morgan fingerprint density at radius 2 is 0.865 bits per heavy atom. The van der Waals surface area contributed by atoms with Crippen molar-refractivity contribution in [3.8, 4) is 0 Å². The van der Waals surface area contributed by atoms with Crippen LogP contribution in [0.15, 0.2) is 91.0 Å². The van der Waals surface area contributed by atoms with E-state index in [1.54, 1.807) is 0 Å². The van der Waals surface area contributed by atoms with Gasteiger partial charge in [-0.2, -0.15) is 0 Å². The second kappa shape index (κ2) is 9.58. The fourth-order valence-electron chi connectivity index (χ4n) is 4.68. The monoisotopic (exact) mass is 486 g/mol. The zero-order valence-electron chi connectivity index (χ0n) is 20.5. The number of aromatic nitrogens is 3. The van der Waals surface area contributed by atoms with E-state index in [9.17, 15) is 10.2 Å². The molecule has 0 unspecified atom stereocenters. The van der Waals surface area contributed by atoms with Gasteiger partial charge in [0.2, 0.25) is 0 Å². The summed E-state index contributed by atoms with van der Waals surface area (Å²) in [5, 5.41) is 22.3. The summed E-state index contributed by atoms with van der Waals surface area (Å²) in [4.78, 5) is 16.3. The van der Waals surface area contributed by atoms with Gasteiger partial charge in [0.1, 0.15) is 0 Å². The number of benzene rings is 3. The molecule has 0 saturated carbocycles. The van der Waals surface area contributed by atoms with Crippen LogP contribution in [-0.4, -0.2) is 25.2 Å². The van der Waals surface area contributed by atoms with Crippen molar-refractivity contribution in [2.45, 2.75) is 26.6 Å². The topological polar surface area (TPSA) is 82.4 Å². The van der Waals surface area contributed by atoms with Crippen molar-refractivity contribution in [2.75, 3.05) is 4.90 Å². The molecule has 0 spiro atoms. The summed E-state index contributed by atoms with van der Waals surface area (Å²) < 4.78 is 0. The van der Waals surface area contributed by atoms with Gasteiger partial charge in [-0.05, 0) is 61.0 Å². The zero-order chi connectivity index (χ0) is 25.4. The molecule has 0 bridgehead atoms. The van der Waals surface area contributed by atoms with Crippen molar-refractivity contribution in [1.29, 1.82) is 0 Å². The Morgan fingerprint density at radius 3 is 1.24 bits per heavy atom. The number of fused-ring (bicyclic) bond motifs is 3. The number of aliphatic hydroxyl groups is 2. The maximum Gasteiger partial charge on any atom is 0.0853 e. The van der Waals surface area contributed by atoms with Gasteiger partial charge in [0.25, 0.3) is 0 Å². The Balaban J connectivity index is 1.57. The van der Waals surface area contributed by atoms with Gasteiger partial charge in [0, 0.05) is 38.9 Å². The van der Waals surface area contributed by atoms with Gasteiger partial charge in [0.05, 0.1) is 41.2 Å². The van der Waals surface area contributed by atoms with Crippen LogP contribution in [0.25, 0.3) is 32.7 Å². The summed E-state index contributed by atoms with van der Waals surface area (Å²) in [6.45, 7) is 1.89. The zero-order valence-corrected chi connectivity index (χ0v) is 20.5. The highest BCUT2D eigenvalue weighted by atomic mass is 16.3. The van der Waals surface area contributed by atoms with E-state index < -0.39 is 0 Å². The molecular weight excluding hydrogens is 460 g/mol. The molecule has 0 aliphatic rings. The molecule has 0 radical (unpaired) electrons. The summed E-state index contributed by atoms with van der Waals surface area (Å²) in [6, 6.07) is 30.4. The lowest BCUT2D eigenvalue weighted by molar-refractivity contribution is 0.277. The van der Waals surface area contributed by atoms with Crippen LogP contribution in [0.3, 0.4) is 0 Å². The standard InChI is InChI=1S/C31H26N4O2/c1-2-23-9-3-20-6-12-26(15-29(20)32-23)35(27-13-7-21-4-10-24(18-36)33-30(21)16-27)28-14-8-22-5-11-25(19-37)34-31(22)17-28/h3-17,36-37H,2,18-19H2,1H3. The molecule has 0 aliphatic carbocycles. The van der Waals surface area contributed by atoms with Crippen LogP contribution in [0.1, 0.15) is 24.0 Å². The molecule has 0 aliphatic heterocycles. The molecule has 182 valence electrons. The number of hydrogen-bond acceptors (Lipinski definition) is 6. The van der Waals surface area contributed by atoms with Gasteiger partial charge in [-0.1, -0.05) is 43.3 Å². The first-order valence-corrected chi connectivity index (χ1v) is 12.4. The van der Waals surface area contributed by atoms with Gasteiger partial charge in [-0.3, -0.25) is 15.0 Å². The lowest BCUT2D eigenvalue weighted by Crippen LogP contribution is -2.10. The third-order valence-corrected chi connectivity index (χ3v) is 6.66. The van der Waals surface area contributed by atoms with Crippen molar-refractivity contribution in [3.05, 3.63) is 108 Å². The fourth-order valence-corrected chi connectivity index (χ4v) is 4.68. The Hall–Kier alpha value is -4.39. The molecule has 0 fully saturated rings. The molecule has 3 aromatic heterocycles. The molecule has 6 rings (SSSR count). The lowest BCUT2D eigenvalue weighted by Gasteiger charge is -2.26. The first-order chi connectivity index (χ1) is 18.1. The second-order valence-corrected chi connectivity index (χ2v) is 9.04. The van der Waals surface area contributed by atoms with Gasteiger partial charge in [-0.15, -0.1) is 0 Å². The number of nitrogens with zero attached hydrogens (tertiary/aromatic N) is 4. The smallest absolute Gasteiger partial charge is 0.0853 e. The van der Waals surface area contributed by atoms with E-state index in [0.29, 0.717) is 11.4 Å². The van der Waals surface area contributed by atoms with E-state index in [-0.39, 0.29) is 13.2 Å². The number of aliphatic hydroxyl groups excluding tert-OH is 2. The lowest BCUT2D eigenvalue weighted by atomic mass is 10.1. The molecule has 2 N–H and O–H groups in total. The number of hydrogen-bond donors (Lipinski definition) is 2. The molecule has 6 heteroatoms. The van der Waals surface area contributed by atoms with Crippen LogP contribution in [0.5, 0.6) is 0 Å². The SMILES string of the molecule is CCc1ccc2ccc(N(c3ccc4ccc(CO)nc4c3)c3ccc4ccc(CO)nc4c3)cc2n1. The molecular formula is C31H26N4O2. The summed E-state index contributed by atoms with van der Waals surface area (Å²) in [5.74, 6) is 0. The van der Waals surface area contributed by atoms with Crippen molar-refractivity contribution < 1.29 is 10.2 Å². The average Bonchev–Trinajstić information content (AvgIpc) is 2.96. The van der Waals surface area contributed by atoms with E-state index in [1.165, 1.54) is 0 Å². The van der Waals surface area contributed by atoms with Crippen LogP contribution in [0.4, 0.5) is 17.1 Å². The third kappa shape index (κ3) is 4.37. The minimum Gasteiger partial charge on any atom is -0.390 e. The predicted octanol–water partition coefficient (Wildman–Crippen LogP) is 6.35. The first-order valence-electron chi connectivity index (χ1n) is 12.4. The van der Waals surface area contributed by atoms with E-state index in [1.807, 2.05) is 48.5 Å². The Morgan fingerprint density at radius 1 is 0.514 bits per heavy atom. The van der Waals surface area contributed by atoms with E-state index in [2.05, 4.69) is 64.3 Å². The molecule has 6 aromatic rings.